The molecule has 0 fully saturated rings. The molecule has 1 aromatic heterocycles. The van der Waals surface area contributed by atoms with Crippen molar-refractivity contribution in [1.29, 1.82) is 0 Å². The van der Waals surface area contributed by atoms with Crippen LogP contribution in [0.25, 0.3) is 0 Å². The molecule has 2 nitrogen and oxygen atoms in total. The van der Waals surface area contributed by atoms with Gasteiger partial charge in [0, 0.05) is 29.3 Å². The van der Waals surface area contributed by atoms with Gasteiger partial charge in [-0.15, -0.1) is 11.3 Å². The van der Waals surface area contributed by atoms with Gasteiger partial charge in [-0.1, -0.05) is 31.2 Å². The maximum atomic E-state index is 5.84. The monoisotopic (exact) mass is 273 g/mol. The Kier molecular flexibility index (Phi) is 3.85. The van der Waals surface area contributed by atoms with Gasteiger partial charge in [0.05, 0.1) is 6.61 Å². The average Bonchev–Trinajstić information content (AvgIpc) is 3.08. The van der Waals surface area contributed by atoms with Gasteiger partial charge in [0.25, 0.3) is 0 Å². The third-order valence-corrected chi connectivity index (χ3v) is 4.45. The largest absolute Gasteiger partial charge is 0.493 e. The van der Waals surface area contributed by atoms with Crippen LogP contribution in [-0.4, -0.2) is 13.2 Å². The van der Waals surface area contributed by atoms with Crippen LogP contribution in [0.1, 0.15) is 29.0 Å². The Hall–Kier alpha value is -1.32. The smallest absolute Gasteiger partial charge is 0.127 e. The van der Waals surface area contributed by atoms with Gasteiger partial charge in [0.1, 0.15) is 5.75 Å². The summed E-state index contributed by atoms with van der Waals surface area (Å²) < 4.78 is 5.84. The Bertz CT molecular complexity index is 536. The Morgan fingerprint density at radius 2 is 2.26 bits per heavy atom. The maximum Gasteiger partial charge on any atom is 0.127 e. The summed E-state index contributed by atoms with van der Waals surface area (Å²) in [5.41, 5.74) is 2.66. The Morgan fingerprint density at radius 1 is 1.32 bits per heavy atom. The fraction of sp³-hybridized carbons (Fsp3) is 0.375. The normalized spacial score (nSPS) is 15.0. The lowest BCUT2D eigenvalue weighted by molar-refractivity contribution is 0.348. The van der Waals surface area contributed by atoms with Crippen LogP contribution in [-0.2, 0) is 12.8 Å². The quantitative estimate of drug-likeness (QED) is 0.899. The highest BCUT2D eigenvalue weighted by molar-refractivity contribution is 7.09. The van der Waals surface area contributed by atoms with Gasteiger partial charge in [0.2, 0.25) is 0 Å². The van der Waals surface area contributed by atoms with Crippen LogP contribution < -0.4 is 10.1 Å². The zero-order valence-electron chi connectivity index (χ0n) is 11.2. The number of likely N-dealkylation sites (N-methyl/N-ethyl adjacent to an activating group) is 1. The molecular formula is C16H19NOS. The van der Waals surface area contributed by atoms with E-state index in [4.69, 9.17) is 4.74 Å². The van der Waals surface area contributed by atoms with E-state index in [0.717, 1.165) is 31.7 Å². The van der Waals surface area contributed by atoms with Crippen molar-refractivity contribution in [1.82, 2.24) is 5.32 Å². The Labute approximate surface area is 118 Å². The summed E-state index contributed by atoms with van der Waals surface area (Å²) >= 11 is 1.82. The predicted molar refractivity (Wildman–Crippen MR) is 80.1 cm³/mol. The van der Waals surface area contributed by atoms with Gasteiger partial charge >= 0.3 is 0 Å². The molecule has 2 aromatic rings. The van der Waals surface area contributed by atoms with Crippen molar-refractivity contribution >= 4 is 11.3 Å². The lowest BCUT2D eigenvalue weighted by atomic mass is 9.99. The molecule has 3 rings (SSSR count). The Morgan fingerprint density at radius 3 is 3.05 bits per heavy atom. The summed E-state index contributed by atoms with van der Waals surface area (Å²) in [4.78, 5) is 1.42. The van der Waals surface area contributed by atoms with Crippen molar-refractivity contribution in [3.8, 4) is 5.75 Å². The minimum absolute atomic E-state index is 0.344. The Balaban J connectivity index is 1.89. The lowest BCUT2D eigenvalue weighted by Gasteiger charge is -2.20. The molecular weight excluding hydrogens is 254 g/mol. The second-order valence-corrected chi connectivity index (χ2v) is 5.86. The number of nitrogens with one attached hydrogen (secondary N) is 1. The van der Waals surface area contributed by atoms with Crippen LogP contribution in [0.4, 0.5) is 0 Å². The molecule has 0 saturated carbocycles. The van der Waals surface area contributed by atoms with E-state index in [2.05, 4.69) is 48.0 Å². The molecule has 1 aliphatic rings. The van der Waals surface area contributed by atoms with E-state index >= 15 is 0 Å². The third-order valence-electron chi connectivity index (χ3n) is 3.56. The molecule has 3 heteroatoms. The first-order valence-electron chi connectivity index (χ1n) is 6.89. The first-order valence-corrected chi connectivity index (χ1v) is 7.77. The van der Waals surface area contributed by atoms with Crippen LogP contribution in [0.2, 0.25) is 0 Å². The molecule has 19 heavy (non-hydrogen) atoms. The molecule has 0 aliphatic carbocycles. The van der Waals surface area contributed by atoms with Crippen LogP contribution in [0.15, 0.2) is 35.7 Å². The minimum Gasteiger partial charge on any atom is -0.493 e. The summed E-state index contributed by atoms with van der Waals surface area (Å²) in [6.07, 6.45) is 2.08. The van der Waals surface area contributed by atoms with Gasteiger partial charge in [-0.2, -0.15) is 0 Å². The van der Waals surface area contributed by atoms with Crippen molar-refractivity contribution in [3.63, 3.8) is 0 Å². The van der Waals surface area contributed by atoms with E-state index in [-0.39, 0.29) is 0 Å². The van der Waals surface area contributed by atoms with Gasteiger partial charge in [-0.3, -0.25) is 0 Å². The summed E-state index contributed by atoms with van der Waals surface area (Å²) in [6, 6.07) is 11.2. The summed E-state index contributed by atoms with van der Waals surface area (Å²) in [6.45, 7) is 3.95. The molecule has 100 valence electrons. The second-order valence-electron chi connectivity index (χ2n) is 4.83. The molecule has 0 radical (unpaired) electrons. The molecule has 0 saturated heterocycles. The zero-order chi connectivity index (χ0) is 13.1. The fourth-order valence-electron chi connectivity index (χ4n) is 2.68. The SMILES string of the molecule is CCNC(Cc1cccs1)c1cccc2c1OCC2. The highest BCUT2D eigenvalue weighted by Gasteiger charge is 2.22. The van der Waals surface area contributed by atoms with E-state index in [1.54, 1.807) is 0 Å². The number of hydrogen-bond donors (Lipinski definition) is 1. The zero-order valence-corrected chi connectivity index (χ0v) is 12.0. The van der Waals surface area contributed by atoms with Crippen LogP contribution in [0.5, 0.6) is 5.75 Å². The minimum atomic E-state index is 0.344. The number of thiophene rings is 1. The topological polar surface area (TPSA) is 21.3 Å². The molecule has 1 aliphatic heterocycles. The standard InChI is InChI=1S/C16H19NOS/c1-2-17-15(11-13-6-4-10-19-13)14-7-3-5-12-8-9-18-16(12)14/h3-7,10,15,17H,2,8-9,11H2,1H3. The van der Waals surface area contributed by atoms with Gasteiger partial charge < -0.3 is 10.1 Å². The molecule has 0 amide bonds. The summed E-state index contributed by atoms with van der Waals surface area (Å²) in [5, 5.41) is 5.74. The number of hydrogen-bond acceptors (Lipinski definition) is 3. The second kappa shape index (κ2) is 5.76. The molecule has 2 heterocycles. The third kappa shape index (κ3) is 2.67. The van der Waals surface area contributed by atoms with Crippen molar-refractivity contribution in [2.24, 2.45) is 0 Å². The molecule has 0 bridgehead atoms. The fourth-order valence-corrected chi connectivity index (χ4v) is 3.44. The molecule has 1 N–H and O–H groups in total. The first-order chi connectivity index (χ1) is 9.38. The van der Waals surface area contributed by atoms with E-state index in [9.17, 15) is 0 Å². The van der Waals surface area contributed by atoms with Crippen LogP contribution >= 0.6 is 11.3 Å². The highest BCUT2D eigenvalue weighted by atomic mass is 32.1. The summed E-state index contributed by atoms with van der Waals surface area (Å²) in [5.74, 6) is 1.12. The number of rotatable bonds is 5. The van der Waals surface area contributed by atoms with Crippen molar-refractivity contribution < 1.29 is 4.74 Å². The number of ether oxygens (including phenoxy) is 1. The number of para-hydroxylation sites is 1. The molecule has 1 unspecified atom stereocenters. The van der Waals surface area contributed by atoms with E-state index < -0.39 is 0 Å². The lowest BCUT2D eigenvalue weighted by Crippen LogP contribution is -2.23. The first kappa shape index (κ1) is 12.7. The van der Waals surface area contributed by atoms with Gasteiger partial charge in [-0.25, -0.2) is 0 Å². The number of benzene rings is 1. The highest BCUT2D eigenvalue weighted by Crippen LogP contribution is 2.35. The van der Waals surface area contributed by atoms with Gasteiger partial charge in [0.15, 0.2) is 0 Å². The average molecular weight is 273 g/mol. The van der Waals surface area contributed by atoms with E-state index in [0.29, 0.717) is 6.04 Å². The van der Waals surface area contributed by atoms with Crippen molar-refractivity contribution in [2.45, 2.75) is 25.8 Å². The molecule has 0 spiro atoms. The van der Waals surface area contributed by atoms with Gasteiger partial charge in [-0.05, 0) is 23.6 Å². The molecule has 1 aromatic carbocycles. The van der Waals surface area contributed by atoms with Crippen molar-refractivity contribution in [3.05, 3.63) is 51.7 Å². The van der Waals surface area contributed by atoms with E-state index in [1.165, 1.54) is 16.0 Å². The van der Waals surface area contributed by atoms with Crippen LogP contribution in [0, 0.1) is 0 Å². The van der Waals surface area contributed by atoms with Crippen molar-refractivity contribution in [2.75, 3.05) is 13.2 Å². The van der Waals surface area contributed by atoms with Crippen LogP contribution in [0.3, 0.4) is 0 Å². The maximum absolute atomic E-state index is 5.84. The predicted octanol–water partition coefficient (Wildman–Crippen LogP) is 3.58. The summed E-state index contributed by atoms with van der Waals surface area (Å²) in [7, 11) is 0. The van der Waals surface area contributed by atoms with E-state index in [1.807, 2.05) is 11.3 Å². The number of fused-ring (bicyclic) bond motifs is 1. The molecule has 1 atom stereocenters.